The third kappa shape index (κ3) is 3.27. The largest absolute Gasteiger partial charge is 0.391 e. The molecule has 0 bridgehead atoms. The number of hydrogen-bond acceptors (Lipinski definition) is 5. The molecule has 0 radical (unpaired) electrons. The van der Waals surface area contributed by atoms with Crippen LogP contribution in [0.5, 0.6) is 0 Å². The third-order valence-corrected chi connectivity index (χ3v) is 5.63. The topological polar surface area (TPSA) is 45.2 Å². The predicted octanol–water partition coefficient (Wildman–Crippen LogP) is 1.06. The zero-order valence-electron chi connectivity index (χ0n) is 13.5. The van der Waals surface area contributed by atoms with Crippen LogP contribution in [0.25, 0.3) is 0 Å². The molecule has 0 aromatic rings. The molecule has 1 aliphatic carbocycles. The average molecular weight is 298 g/mol. The summed E-state index contributed by atoms with van der Waals surface area (Å²) in [4.78, 5) is 5.01. The lowest BCUT2D eigenvalue weighted by atomic mass is 9.86. The molecule has 1 spiro atoms. The Morgan fingerprint density at radius 2 is 1.86 bits per heavy atom. The summed E-state index contributed by atoms with van der Waals surface area (Å²) in [6.07, 6.45) is 3.40. The minimum Gasteiger partial charge on any atom is -0.391 e. The minimum absolute atomic E-state index is 0.191. The van der Waals surface area contributed by atoms with Crippen LogP contribution in [0.2, 0.25) is 0 Å². The molecule has 0 aromatic heterocycles. The summed E-state index contributed by atoms with van der Waals surface area (Å²) in [7, 11) is 0. The van der Waals surface area contributed by atoms with Gasteiger partial charge in [-0.05, 0) is 19.8 Å². The fourth-order valence-electron chi connectivity index (χ4n) is 4.02. The monoisotopic (exact) mass is 298 g/mol. The van der Waals surface area contributed by atoms with Crippen molar-refractivity contribution in [2.45, 2.75) is 63.5 Å². The second-order valence-corrected chi connectivity index (χ2v) is 6.81. The van der Waals surface area contributed by atoms with Gasteiger partial charge in [0, 0.05) is 51.1 Å². The number of aliphatic hydroxyl groups excluding tert-OH is 1. The molecule has 3 aliphatic rings. The van der Waals surface area contributed by atoms with Crippen molar-refractivity contribution in [2.24, 2.45) is 0 Å². The number of hydrogen-bond donors (Lipinski definition) is 1. The average Bonchev–Trinajstić information content (AvgIpc) is 2.98. The number of aliphatic hydroxyl groups is 1. The van der Waals surface area contributed by atoms with Crippen molar-refractivity contribution < 1.29 is 14.6 Å². The maximum atomic E-state index is 10.4. The first kappa shape index (κ1) is 15.7. The van der Waals surface area contributed by atoms with E-state index in [0.29, 0.717) is 19.3 Å². The van der Waals surface area contributed by atoms with Crippen molar-refractivity contribution in [3.05, 3.63) is 0 Å². The summed E-state index contributed by atoms with van der Waals surface area (Å²) in [5.74, 6) is -0.405. The highest BCUT2D eigenvalue weighted by atomic mass is 16.7. The number of piperazine rings is 1. The van der Waals surface area contributed by atoms with Crippen LogP contribution in [0.3, 0.4) is 0 Å². The lowest BCUT2D eigenvalue weighted by Gasteiger charge is -2.47. The van der Waals surface area contributed by atoms with Crippen molar-refractivity contribution in [2.75, 3.05) is 39.4 Å². The van der Waals surface area contributed by atoms with Gasteiger partial charge in [-0.2, -0.15) is 0 Å². The molecule has 3 unspecified atom stereocenters. The molecular formula is C16H30N2O3. The highest BCUT2D eigenvalue weighted by Gasteiger charge is 2.46. The molecule has 2 aliphatic heterocycles. The van der Waals surface area contributed by atoms with Crippen molar-refractivity contribution in [1.29, 1.82) is 0 Å². The molecule has 1 N–H and O–H groups in total. The van der Waals surface area contributed by atoms with Crippen molar-refractivity contribution >= 4 is 0 Å². The van der Waals surface area contributed by atoms with E-state index >= 15 is 0 Å². The van der Waals surface area contributed by atoms with E-state index in [4.69, 9.17) is 9.47 Å². The SMILES string of the molecule is CCC(C)N1CCN(C2CC3(CCC2O)OCCO3)CC1. The fourth-order valence-corrected chi connectivity index (χ4v) is 4.02. The lowest BCUT2D eigenvalue weighted by Crippen LogP contribution is -2.59. The standard InChI is InChI=1S/C16H30N2O3/c1-3-13(2)17-6-8-18(9-7-17)14-12-16(5-4-15(14)19)20-10-11-21-16/h13-15,19H,3-12H2,1-2H3. The van der Waals surface area contributed by atoms with Crippen molar-refractivity contribution in [1.82, 2.24) is 9.80 Å². The van der Waals surface area contributed by atoms with E-state index in [-0.39, 0.29) is 12.1 Å². The van der Waals surface area contributed by atoms with Crippen LogP contribution in [-0.2, 0) is 9.47 Å². The molecule has 3 rings (SSSR count). The smallest absolute Gasteiger partial charge is 0.170 e. The Morgan fingerprint density at radius 3 is 2.48 bits per heavy atom. The van der Waals surface area contributed by atoms with Crippen molar-refractivity contribution in [3.8, 4) is 0 Å². The van der Waals surface area contributed by atoms with Crippen molar-refractivity contribution in [3.63, 3.8) is 0 Å². The van der Waals surface area contributed by atoms with E-state index in [1.165, 1.54) is 6.42 Å². The molecule has 1 saturated carbocycles. The Hall–Kier alpha value is -0.200. The molecule has 5 heteroatoms. The van der Waals surface area contributed by atoms with Gasteiger partial charge in [-0.25, -0.2) is 0 Å². The van der Waals surface area contributed by atoms with Crippen LogP contribution in [-0.4, -0.2) is 78.3 Å². The first-order valence-electron chi connectivity index (χ1n) is 8.57. The lowest BCUT2D eigenvalue weighted by molar-refractivity contribution is -0.206. The van der Waals surface area contributed by atoms with Gasteiger partial charge in [0.25, 0.3) is 0 Å². The maximum Gasteiger partial charge on any atom is 0.170 e. The molecular weight excluding hydrogens is 268 g/mol. The van der Waals surface area contributed by atoms with E-state index < -0.39 is 5.79 Å². The summed E-state index contributed by atoms with van der Waals surface area (Å²) in [5, 5.41) is 10.4. The number of rotatable bonds is 3. The number of nitrogens with zero attached hydrogens (tertiary/aromatic N) is 2. The quantitative estimate of drug-likeness (QED) is 0.844. The van der Waals surface area contributed by atoms with Gasteiger partial charge < -0.3 is 14.6 Å². The highest BCUT2D eigenvalue weighted by Crippen LogP contribution is 2.38. The van der Waals surface area contributed by atoms with Gasteiger partial charge in [-0.3, -0.25) is 9.80 Å². The van der Waals surface area contributed by atoms with Crippen LogP contribution < -0.4 is 0 Å². The van der Waals surface area contributed by atoms with E-state index in [1.54, 1.807) is 0 Å². The van der Waals surface area contributed by atoms with Crippen LogP contribution in [0.15, 0.2) is 0 Å². The fraction of sp³-hybridized carbons (Fsp3) is 1.00. The summed E-state index contributed by atoms with van der Waals surface area (Å²) in [6.45, 7) is 10.3. The highest BCUT2D eigenvalue weighted by molar-refractivity contribution is 4.94. The van der Waals surface area contributed by atoms with Gasteiger partial charge in [0.1, 0.15) is 0 Å². The molecule has 2 heterocycles. The Kier molecular flexibility index (Phi) is 4.86. The summed E-state index contributed by atoms with van der Waals surface area (Å²) < 4.78 is 11.7. The van der Waals surface area contributed by atoms with E-state index in [2.05, 4.69) is 23.6 Å². The normalized spacial score (nSPS) is 36.1. The molecule has 3 atom stereocenters. The van der Waals surface area contributed by atoms with Crippen LogP contribution >= 0.6 is 0 Å². The zero-order valence-corrected chi connectivity index (χ0v) is 13.5. The molecule has 0 aromatic carbocycles. The van der Waals surface area contributed by atoms with Gasteiger partial charge in [-0.1, -0.05) is 6.92 Å². The minimum atomic E-state index is -0.405. The molecule has 0 amide bonds. The molecule has 21 heavy (non-hydrogen) atoms. The molecule has 122 valence electrons. The Labute approximate surface area is 128 Å². The molecule has 3 fully saturated rings. The van der Waals surface area contributed by atoms with Crippen LogP contribution in [0.1, 0.15) is 39.5 Å². The van der Waals surface area contributed by atoms with E-state index in [9.17, 15) is 5.11 Å². The first-order chi connectivity index (χ1) is 10.1. The summed E-state index contributed by atoms with van der Waals surface area (Å²) >= 11 is 0. The Balaban J connectivity index is 1.58. The summed E-state index contributed by atoms with van der Waals surface area (Å²) in [6, 6.07) is 0.854. The van der Waals surface area contributed by atoms with Gasteiger partial charge in [-0.15, -0.1) is 0 Å². The molecule has 2 saturated heterocycles. The van der Waals surface area contributed by atoms with Crippen LogP contribution in [0, 0.1) is 0 Å². The number of ether oxygens (including phenoxy) is 2. The zero-order chi connectivity index (χ0) is 14.9. The van der Waals surface area contributed by atoms with Crippen LogP contribution in [0.4, 0.5) is 0 Å². The Morgan fingerprint density at radius 1 is 1.19 bits per heavy atom. The Bertz CT molecular complexity index is 338. The van der Waals surface area contributed by atoms with Gasteiger partial charge in [0.2, 0.25) is 0 Å². The van der Waals surface area contributed by atoms with Gasteiger partial charge in [0.05, 0.1) is 19.3 Å². The second kappa shape index (κ2) is 6.50. The van der Waals surface area contributed by atoms with E-state index in [0.717, 1.165) is 45.4 Å². The first-order valence-corrected chi connectivity index (χ1v) is 8.57. The predicted molar refractivity (Wildman–Crippen MR) is 81.2 cm³/mol. The van der Waals surface area contributed by atoms with E-state index in [1.807, 2.05) is 0 Å². The molecule has 5 nitrogen and oxygen atoms in total. The second-order valence-electron chi connectivity index (χ2n) is 6.81. The maximum absolute atomic E-state index is 10.4. The summed E-state index contributed by atoms with van der Waals surface area (Å²) in [5.41, 5.74) is 0. The third-order valence-electron chi connectivity index (χ3n) is 5.63. The van der Waals surface area contributed by atoms with Gasteiger partial charge in [0.15, 0.2) is 5.79 Å². The van der Waals surface area contributed by atoms with Gasteiger partial charge >= 0.3 is 0 Å².